The molecule has 3 rings (SSSR count). The van der Waals surface area contributed by atoms with Crippen LogP contribution in [-0.2, 0) is 11.3 Å². The molecule has 1 aromatic carbocycles. The first-order valence-corrected chi connectivity index (χ1v) is 7.78. The summed E-state index contributed by atoms with van der Waals surface area (Å²) in [7, 11) is 0. The van der Waals surface area contributed by atoms with Crippen LogP contribution in [0.15, 0.2) is 42.7 Å². The summed E-state index contributed by atoms with van der Waals surface area (Å²) in [6.45, 7) is 1.86. The van der Waals surface area contributed by atoms with Crippen LogP contribution < -0.4 is 5.73 Å². The molecule has 0 aliphatic carbocycles. The van der Waals surface area contributed by atoms with E-state index in [9.17, 15) is 9.59 Å². The zero-order valence-corrected chi connectivity index (χ0v) is 12.9. The van der Waals surface area contributed by atoms with Gasteiger partial charge >= 0.3 is 0 Å². The van der Waals surface area contributed by atoms with Crippen LogP contribution in [0.3, 0.4) is 0 Å². The summed E-state index contributed by atoms with van der Waals surface area (Å²) in [6, 6.07) is 9.48. The van der Waals surface area contributed by atoms with E-state index in [0.29, 0.717) is 38.0 Å². The summed E-state index contributed by atoms with van der Waals surface area (Å²) in [4.78, 5) is 25.5. The van der Waals surface area contributed by atoms with Gasteiger partial charge in [-0.1, -0.05) is 12.1 Å². The van der Waals surface area contributed by atoms with Crippen LogP contribution in [0.4, 0.5) is 0 Å². The first-order valence-electron chi connectivity index (χ1n) is 7.78. The van der Waals surface area contributed by atoms with Crippen LogP contribution >= 0.6 is 0 Å². The second-order valence-electron chi connectivity index (χ2n) is 5.87. The van der Waals surface area contributed by atoms with Crippen LogP contribution in [0, 0.1) is 5.92 Å². The van der Waals surface area contributed by atoms with Crippen molar-refractivity contribution in [3.8, 4) is 0 Å². The predicted octanol–water partition coefficient (Wildman–Crippen LogP) is 1.27. The van der Waals surface area contributed by atoms with Gasteiger partial charge in [-0.2, -0.15) is 5.10 Å². The molecule has 2 N–H and O–H groups in total. The van der Waals surface area contributed by atoms with Gasteiger partial charge in [0.25, 0.3) is 5.91 Å². The number of likely N-dealkylation sites (tertiary alicyclic amines) is 1. The molecular weight excluding hydrogens is 292 g/mol. The second kappa shape index (κ2) is 6.64. The Labute approximate surface area is 134 Å². The molecule has 1 aliphatic rings. The van der Waals surface area contributed by atoms with Gasteiger partial charge in [-0.05, 0) is 36.6 Å². The van der Waals surface area contributed by atoms with E-state index in [2.05, 4.69) is 5.10 Å². The van der Waals surface area contributed by atoms with Crippen molar-refractivity contribution in [2.45, 2.75) is 19.4 Å². The maximum atomic E-state index is 12.5. The van der Waals surface area contributed by atoms with Crippen LogP contribution in [-0.4, -0.2) is 39.6 Å². The molecule has 1 saturated heterocycles. The van der Waals surface area contributed by atoms with E-state index in [1.807, 2.05) is 41.2 Å². The Morgan fingerprint density at radius 3 is 2.43 bits per heavy atom. The summed E-state index contributed by atoms with van der Waals surface area (Å²) >= 11 is 0. The highest BCUT2D eigenvalue weighted by Gasteiger charge is 2.26. The number of benzene rings is 1. The molecule has 1 fully saturated rings. The molecule has 120 valence electrons. The number of nitrogens with two attached hydrogens (primary N) is 1. The third kappa shape index (κ3) is 3.59. The average Bonchev–Trinajstić information content (AvgIpc) is 3.08. The van der Waals surface area contributed by atoms with Gasteiger partial charge in [-0.3, -0.25) is 14.3 Å². The molecule has 0 atom stereocenters. The fraction of sp³-hybridized carbons (Fsp3) is 0.353. The Morgan fingerprint density at radius 2 is 1.87 bits per heavy atom. The lowest BCUT2D eigenvalue weighted by Crippen LogP contribution is -2.41. The maximum Gasteiger partial charge on any atom is 0.253 e. The fourth-order valence-electron chi connectivity index (χ4n) is 2.88. The van der Waals surface area contributed by atoms with Crippen molar-refractivity contribution in [2.75, 3.05) is 13.1 Å². The van der Waals surface area contributed by atoms with Crippen LogP contribution in [0.25, 0.3) is 0 Å². The lowest BCUT2D eigenvalue weighted by atomic mass is 9.96. The average molecular weight is 312 g/mol. The van der Waals surface area contributed by atoms with Gasteiger partial charge in [-0.25, -0.2) is 0 Å². The van der Waals surface area contributed by atoms with Crippen LogP contribution in [0.5, 0.6) is 0 Å². The van der Waals surface area contributed by atoms with Crippen molar-refractivity contribution in [1.82, 2.24) is 14.7 Å². The number of carbonyl (C=O) groups is 2. The summed E-state index contributed by atoms with van der Waals surface area (Å²) in [5.41, 5.74) is 7.09. The Kier molecular flexibility index (Phi) is 4.41. The van der Waals surface area contributed by atoms with E-state index in [0.717, 1.165) is 5.56 Å². The number of nitrogens with zero attached hydrogens (tertiary/aromatic N) is 3. The Bertz CT molecular complexity index is 671. The number of hydrogen-bond donors (Lipinski definition) is 1. The minimum atomic E-state index is -0.264. The van der Waals surface area contributed by atoms with Crippen LogP contribution in [0.2, 0.25) is 0 Å². The molecule has 0 bridgehead atoms. The lowest BCUT2D eigenvalue weighted by Gasteiger charge is -2.30. The van der Waals surface area contributed by atoms with Crippen LogP contribution in [0.1, 0.15) is 28.8 Å². The maximum absolute atomic E-state index is 12.5. The first-order chi connectivity index (χ1) is 11.1. The van der Waals surface area contributed by atoms with Gasteiger partial charge in [0, 0.05) is 37.0 Å². The SMILES string of the molecule is NC(=O)C1CCN(C(=O)c2ccc(Cn3cccn3)cc2)CC1. The highest BCUT2D eigenvalue weighted by atomic mass is 16.2. The summed E-state index contributed by atoms with van der Waals surface area (Å²) < 4.78 is 1.84. The third-order valence-electron chi connectivity index (χ3n) is 4.29. The number of amides is 2. The molecule has 1 aliphatic heterocycles. The minimum absolute atomic E-state index is 0.0126. The second-order valence-corrected chi connectivity index (χ2v) is 5.87. The summed E-state index contributed by atoms with van der Waals surface area (Å²) in [5, 5.41) is 4.17. The number of rotatable bonds is 4. The molecule has 0 radical (unpaired) electrons. The largest absolute Gasteiger partial charge is 0.369 e. The lowest BCUT2D eigenvalue weighted by molar-refractivity contribution is -0.123. The predicted molar refractivity (Wildman–Crippen MR) is 85.6 cm³/mol. The zero-order chi connectivity index (χ0) is 16.2. The number of aromatic nitrogens is 2. The quantitative estimate of drug-likeness (QED) is 0.923. The number of carbonyl (C=O) groups excluding carboxylic acids is 2. The van der Waals surface area contributed by atoms with Gasteiger partial charge < -0.3 is 10.6 Å². The summed E-state index contributed by atoms with van der Waals surface area (Å²) in [5.74, 6) is -0.353. The van der Waals surface area contributed by atoms with Crippen molar-refractivity contribution < 1.29 is 9.59 Å². The molecule has 0 unspecified atom stereocenters. The van der Waals surface area contributed by atoms with Gasteiger partial charge in [0.1, 0.15) is 0 Å². The minimum Gasteiger partial charge on any atom is -0.369 e. The van der Waals surface area contributed by atoms with Crippen molar-refractivity contribution in [3.63, 3.8) is 0 Å². The van der Waals surface area contributed by atoms with Gasteiger partial charge in [0.15, 0.2) is 0 Å². The van der Waals surface area contributed by atoms with Crippen molar-refractivity contribution in [1.29, 1.82) is 0 Å². The fourth-order valence-corrected chi connectivity index (χ4v) is 2.88. The Balaban J connectivity index is 1.61. The van der Waals surface area contributed by atoms with Gasteiger partial charge in [0.2, 0.25) is 5.91 Å². The number of hydrogen-bond acceptors (Lipinski definition) is 3. The van der Waals surface area contributed by atoms with E-state index in [4.69, 9.17) is 5.73 Å². The molecule has 23 heavy (non-hydrogen) atoms. The van der Waals surface area contributed by atoms with E-state index >= 15 is 0 Å². The third-order valence-corrected chi connectivity index (χ3v) is 4.29. The van der Waals surface area contributed by atoms with Gasteiger partial charge in [0.05, 0.1) is 6.54 Å². The number of primary amides is 1. The monoisotopic (exact) mass is 312 g/mol. The van der Waals surface area contributed by atoms with Crippen molar-refractivity contribution >= 4 is 11.8 Å². The highest BCUT2D eigenvalue weighted by Crippen LogP contribution is 2.19. The molecule has 6 nitrogen and oxygen atoms in total. The topological polar surface area (TPSA) is 81.2 Å². The van der Waals surface area contributed by atoms with E-state index in [1.54, 1.807) is 11.1 Å². The van der Waals surface area contributed by atoms with E-state index in [-0.39, 0.29) is 17.7 Å². The van der Waals surface area contributed by atoms with E-state index < -0.39 is 0 Å². The molecule has 2 amide bonds. The van der Waals surface area contributed by atoms with Crippen molar-refractivity contribution in [3.05, 3.63) is 53.9 Å². The Hall–Kier alpha value is -2.63. The molecular formula is C17H20N4O2. The van der Waals surface area contributed by atoms with Crippen molar-refractivity contribution in [2.24, 2.45) is 11.7 Å². The Morgan fingerprint density at radius 1 is 1.17 bits per heavy atom. The normalized spacial score (nSPS) is 15.6. The first kappa shape index (κ1) is 15.3. The standard InChI is InChI=1S/C17H20N4O2/c18-16(22)14-6-10-20(11-7-14)17(23)15-4-2-13(3-5-15)12-21-9-1-8-19-21/h1-5,8-9,14H,6-7,10-12H2,(H2,18,22). The smallest absolute Gasteiger partial charge is 0.253 e. The van der Waals surface area contributed by atoms with E-state index in [1.165, 1.54) is 0 Å². The molecule has 2 aromatic rings. The molecule has 0 saturated carbocycles. The molecule has 0 spiro atoms. The molecule has 1 aromatic heterocycles. The molecule has 2 heterocycles. The summed E-state index contributed by atoms with van der Waals surface area (Å²) in [6.07, 6.45) is 4.95. The van der Waals surface area contributed by atoms with Gasteiger partial charge in [-0.15, -0.1) is 0 Å². The number of piperidine rings is 1. The highest BCUT2D eigenvalue weighted by molar-refractivity contribution is 5.94. The zero-order valence-electron chi connectivity index (χ0n) is 12.9. The molecule has 6 heteroatoms.